The van der Waals surface area contributed by atoms with Gasteiger partial charge in [0, 0.05) is 27.5 Å². The van der Waals surface area contributed by atoms with Crippen molar-refractivity contribution in [1.29, 1.82) is 0 Å². The molecule has 0 saturated carbocycles. The van der Waals surface area contributed by atoms with Crippen LogP contribution in [0.2, 0.25) is 5.02 Å². The lowest BCUT2D eigenvalue weighted by atomic mass is 10.1. The predicted octanol–water partition coefficient (Wildman–Crippen LogP) is 5.48. The molecule has 9 heteroatoms. The third kappa shape index (κ3) is 4.35. The summed E-state index contributed by atoms with van der Waals surface area (Å²) >= 11 is 13.4. The number of hydrazone groups is 1. The van der Waals surface area contributed by atoms with E-state index in [9.17, 15) is 13.6 Å². The number of hydrogen-bond acceptors (Lipinski definition) is 3. The lowest BCUT2D eigenvalue weighted by Crippen LogP contribution is -2.24. The molecular formula is C17H11Cl2F2N3OS. The molecule has 0 bridgehead atoms. The molecule has 0 unspecified atom stereocenters. The molecule has 2 aromatic carbocycles. The second-order valence-electron chi connectivity index (χ2n) is 5.22. The molecule has 1 aliphatic rings. The van der Waals surface area contributed by atoms with Crippen LogP contribution < -0.4 is 10.7 Å². The van der Waals surface area contributed by atoms with Crippen molar-refractivity contribution in [1.82, 2.24) is 5.43 Å². The van der Waals surface area contributed by atoms with Gasteiger partial charge >= 0.3 is 6.03 Å². The van der Waals surface area contributed by atoms with Crippen LogP contribution in [0.4, 0.5) is 19.3 Å². The Morgan fingerprint density at radius 2 is 2.00 bits per heavy atom. The van der Waals surface area contributed by atoms with E-state index in [1.807, 2.05) is 0 Å². The van der Waals surface area contributed by atoms with Crippen molar-refractivity contribution in [2.75, 3.05) is 11.1 Å². The summed E-state index contributed by atoms with van der Waals surface area (Å²) in [5, 5.41) is 6.58. The minimum atomic E-state index is -0.629. The van der Waals surface area contributed by atoms with Gasteiger partial charge < -0.3 is 5.32 Å². The highest BCUT2D eigenvalue weighted by Crippen LogP contribution is 2.38. The van der Waals surface area contributed by atoms with Crippen molar-refractivity contribution in [3.05, 3.63) is 64.2 Å². The summed E-state index contributed by atoms with van der Waals surface area (Å²) in [7, 11) is 0. The second kappa shape index (κ2) is 8.07. The lowest BCUT2D eigenvalue weighted by molar-refractivity contribution is 0.252. The third-order valence-corrected chi connectivity index (χ3v) is 5.27. The van der Waals surface area contributed by atoms with E-state index in [1.165, 1.54) is 42.2 Å². The van der Waals surface area contributed by atoms with E-state index in [0.717, 1.165) is 11.0 Å². The number of rotatable bonds is 3. The summed E-state index contributed by atoms with van der Waals surface area (Å²) in [6.07, 6.45) is 1.40. The Hall–Kier alpha value is -2.09. The maximum Gasteiger partial charge on any atom is 0.339 e. The number of fused-ring (bicyclic) bond motifs is 1. The van der Waals surface area contributed by atoms with Gasteiger partial charge in [-0.15, -0.1) is 11.8 Å². The number of anilines is 1. The van der Waals surface area contributed by atoms with Crippen LogP contribution in [-0.2, 0) is 0 Å². The van der Waals surface area contributed by atoms with E-state index in [1.54, 1.807) is 6.07 Å². The van der Waals surface area contributed by atoms with Crippen LogP contribution in [0.15, 0.2) is 52.0 Å². The number of benzene rings is 2. The fraction of sp³-hybridized carbons (Fsp3) is 0.0588. The highest BCUT2D eigenvalue weighted by Gasteiger charge is 2.17. The highest BCUT2D eigenvalue weighted by atomic mass is 35.5. The first kappa shape index (κ1) is 18.7. The number of urea groups is 1. The summed E-state index contributed by atoms with van der Waals surface area (Å²) in [6, 6.07) is 7.57. The number of carbonyl (C=O) groups excluding carboxylic acids is 1. The zero-order chi connectivity index (χ0) is 18.7. The van der Waals surface area contributed by atoms with Gasteiger partial charge in [0.05, 0.1) is 16.3 Å². The molecule has 0 radical (unpaired) electrons. The number of nitrogens with zero attached hydrogens (tertiary/aromatic N) is 1. The summed E-state index contributed by atoms with van der Waals surface area (Å²) in [6.45, 7) is 0. The van der Waals surface area contributed by atoms with Crippen LogP contribution in [0.3, 0.4) is 0 Å². The van der Waals surface area contributed by atoms with Gasteiger partial charge in [0.25, 0.3) is 0 Å². The van der Waals surface area contributed by atoms with Crippen molar-refractivity contribution in [2.24, 2.45) is 5.10 Å². The summed E-state index contributed by atoms with van der Waals surface area (Å²) in [4.78, 5) is 12.7. The molecular weight excluding hydrogens is 403 g/mol. The van der Waals surface area contributed by atoms with Gasteiger partial charge in [-0.2, -0.15) is 5.10 Å². The van der Waals surface area contributed by atoms with Gasteiger partial charge in [0.15, 0.2) is 0 Å². The zero-order valence-electron chi connectivity index (χ0n) is 13.0. The molecule has 0 atom stereocenters. The SMILES string of the molecule is O=C(N/N=C/C1=C(Cl)c2cc(F)ccc2SC1)Nc1ccc(F)c(Cl)c1. The Morgan fingerprint density at radius 1 is 1.19 bits per heavy atom. The highest BCUT2D eigenvalue weighted by molar-refractivity contribution is 7.99. The molecule has 1 heterocycles. The Labute approximate surface area is 162 Å². The first-order valence-corrected chi connectivity index (χ1v) is 9.04. The van der Waals surface area contributed by atoms with Crippen molar-refractivity contribution in [3.63, 3.8) is 0 Å². The topological polar surface area (TPSA) is 53.5 Å². The first-order chi connectivity index (χ1) is 12.4. The number of nitrogens with one attached hydrogen (secondary N) is 2. The molecule has 3 rings (SSSR count). The molecule has 4 nitrogen and oxygen atoms in total. The maximum atomic E-state index is 13.4. The average Bonchev–Trinajstić information content (AvgIpc) is 2.60. The Morgan fingerprint density at radius 3 is 2.77 bits per heavy atom. The normalized spacial score (nSPS) is 13.7. The summed E-state index contributed by atoms with van der Waals surface area (Å²) in [5.41, 5.74) is 3.84. The quantitative estimate of drug-likeness (QED) is 0.516. The standard InChI is InChI=1S/C17H11Cl2F2N3OS/c18-13-6-11(2-3-14(13)21)23-17(25)24-22-7-9-8-26-15-4-1-10(20)5-12(15)16(9)19/h1-7H,8H2,(H2,23,24,25)/b22-7+. The Bertz CT molecular complexity index is 934. The van der Waals surface area contributed by atoms with Crippen LogP contribution in [0.5, 0.6) is 0 Å². The molecule has 2 amide bonds. The third-order valence-electron chi connectivity index (χ3n) is 3.41. The Kier molecular flexibility index (Phi) is 5.80. The number of hydrogen-bond donors (Lipinski definition) is 2. The average molecular weight is 414 g/mol. The van der Waals surface area contributed by atoms with Crippen molar-refractivity contribution < 1.29 is 13.6 Å². The molecule has 2 aromatic rings. The molecule has 0 fully saturated rings. The predicted molar refractivity (Wildman–Crippen MR) is 102 cm³/mol. The Balaban J connectivity index is 1.65. The van der Waals surface area contributed by atoms with E-state index < -0.39 is 11.8 Å². The van der Waals surface area contributed by atoms with E-state index >= 15 is 0 Å². The van der Waals surface area contributed by atoms with Crippen molar-refractivity contribution >= 4 is 57.9 Å². The summed E-state index contributed by atoms with van der Waals surface area (Å²) < 4.78 is 26.5. The summed E-state index contributed by atoms with van der Waals surface area (Å²) in [5.74, 6) is -0.419. The molecule has 134 valence electrons. The van der Waals surface area contributed by atoms with E-state index in [4.69, 9.17) is 23.2 Å². The molecule has 26 heavy (non-hydrogen) atoms. The van der Waals surface area contributed by atoms with E-state index in [-0.39, 0.29) is 10.8 Å². The van der Waals surface area contributed by atoms with Crippen molar-refractivity contribution in [2.45, 2.75) is 4.90 Å². The fourth-order valence-electron chi connectivity index (χ4n) is 2.19. The smallest absolute Gasteiger partial charge is 0.306 e. The number of thioether (sulfide) groups is 1. The number of carbonyl (C=O) groups is 1. The van der Waals surface area contributed by atoms with Gasteiger partial charge in [0.1, 0.15) is 11.6 Å². The van der Waals surface area contributed by atoms with Crippen LogP contribution >= 0.6 is 35.0 Å². The number of amides is 2. The minimum Gasteiger partial charge on any atom is -0.306 e. The molecule has 1 aliphatic heterocycles. The van der Waals surface area contributed by atoms with Crippen molar-refractivity contribution in [3.8, 4) is 0 Å². The monoisotopic (exact) mass is 413 g/mol. The number of halogens is 4. The van der Waals surface area contributed by atoms with Crippen LogP contribution in [-0.4, -0.2) is 18.0 Å². The lowest BCUT2D eigenvalue weighted by Gasteiger charge is -2.16. The van der Waals surface area contributed by atoms with Gasteiger partial charge in [-0.3, -0.25) is 0 Å². The maximum absolute atomic E-state index is 13.4. The zero-order valence-corrected chi connectivity index (χ0v) is 15.4. The fourth-order valence-corrected chi connectivity index (χ4v) is 3.79. The minimum absolute atomic E-state index is 0.103. The molecule has 0 aromatic heterocycles. The van der Waals surface area contributed by atoms with Crippen LogP contribution in [0, 0.1) is 11.6 Å². The molecule has 0 spiro atoms. The van der Waals surface area contributed by atoms with Gasteiger partial charge in [-0.25, -0.2) is 19.0 Å². The van der Waals surface area contributed by atoms with Gasteiger partial charge in [0.2, 0.25) is 0 Å². The van der Waals surface area contributed by atoms with E-state index in [2.05, 4.69) is 15.8 Å². The first-order valence-electron chi connectivity index (χ1n) is 7.30. The van der Waals surface area contributed by atoms with Crippen LogP contribution in [0.1, 0.15) is 5.56 Å². The largest absolute Gasteiger partial charge is 0.339 e. The van der Waals surface area contributed by atoms with Gasteiger partial charge in [-0.05, 0) is 36.4 Å². The van der Waals surface area contributed by atoms with Crippen LogP contribution in [0.25, 0.3) is 5.03 Å². The second-order valence-corrected chi connectivity index (χ2v) is 7.02. The van der Waals surface area contributed by atoms with E-state index in [0.29, 0.717) is 27.6 Å². The van der Waals surface area contributed by atoms with Gasteiger partial charge in [-0.1, -0.05) is 23.2 Å². The molecule has 0 aliphatic carbocycles. The molecule has 2 N–H and O–H groups in total. The molecule has 0 saturated heterocycles.